The molecule has 9 nitrogen and oxygen atoms in total. The summed E-state index contributed by atoms with van der Waals surface area (Å²) in [7, 11) is -0.0507. The molecule has 1 fully saturated rings. The van der Waals surface area contributed by atoms with Gasteiger partial charge in [0, 0.05) is 11.6 Å². The van der Waals surface area contributed by atoms with E-state index in [1.54, 1.807) is 37.1 Å². The Morgan fingerprint density at radius 3 is 2.42 bits per heavy atom. The monoisotopic (exact) mass is 513 g/mol. The summed E-state index contributed by atoms with van der Waals surface area (Å²) in [6, 6.07) is 14.4. The molecule has 1 aromatic heterocycles. The van der Waals surface area contributed by atoms with Crippen molar-refractivity contribution in [1.29, 1.82) is 0 Å². The molecule has 1 saturated heterocycles. The van der Waals surface area contributed by atoms with Crippen LogP contribution in [0.2, 0.25) is 0 Å². The van der Waals surface area contributed by atoms with Crippen LogP contribution >= 0.6 is 0 Å². The Morgan fingerprint density at radius 1 is 1.08 bits per heavy atom. The molecule has 3 aromatic rings. The van der Waals surface area contributed by atoms with Crippen molar-refractivity contribution in [3.8, 4) is 28.5 Å². The molecule has 2 aromatic carbocycles. The third-order valence-corrected chi connectivity index (χ3v) is 7.90. The lowest BCUT2D eigenvalue weighted by Gasteiger charge is -2.14. The van der Waals surface area contributed by atoms with E-state index in [-0.39, 0.29) is 30.1 Å². The van der Waals surface area contributed by atoms with Gasteiger partial charge in [-0.25, -0.2) is 13.1 Å². The topological polar surface area (TPSA) is 109 Å². The Labute approximate surface area is 211 Å². The van der Waals surface area contributed by atoms with Gasteiger partial charge in [-0.15, -0.1) is 0 Å². The molecule has 0 unspecified atom stereocenters. The smallest absolute Gasteiger partial charge is 0.263 e. The highest BCUT2D eigenvalue weighted by atomic mass is 32.2. The van der Waals surface area contributed by atoms with Crippen LogP contribution in [-0.2, 0) is 14.6 Å². The number of carbonyl (C=O) groups is 1. The molecule has 0 radical (unpaired) electrons. The molecule has 1 atom stereocenters. The second-order valence-electron chi connectivity index (χ2n) is 9.05. The Hall–Kier alpha value is -3.53. The van der Waals surface area contributed by atoms with Crippen LogP contribution in [0.15, 0.2) is 48.5 Å². The summed E-state index contributed by atoms with van der Waals surface area (Å²) in [4.78, 5) is 12.8. The van der Waals surface area contributed by atoms with Crippen molar-refractivity contribution in [2.24, 2.45) is 0 Å². The van der Waals surface area contributed by atoms with Crippen LogP contribution in [-0.4, -0.2) is 56.4 Å². The minimum Gasteiger partial charge on any atom is -0.493 e. The molecule has 36 heavy (non-hydrogen) atoms. The van der Waals surface area contributed by atoms with Crippen LogP contribution in [0, 0.1) is 0 Å². The van der Waals surface area contributed by atoms with E-state index in [2.05, 4.69) is 24.3 Å². The number of methoxy groups -OCH3 is 2. The lowest BCUT2D eigenvalue weighted by molar-refractivity contribution is -0.118. The molecule has 1 aliphatic heterocycles. The van der Waals surface area contributed by atoms with Gasteiger partial charge in [-0.2, -0.15) is 5.10 Å². The fraction of sp³-hybridized carbons (Fsp3) is 0.385. The number of nitrogens with zero attached hydrogens (tertiary/aromatic N) is 2. The molecule has 1 aliphatic rings. The van der Waals surface area contributed by atoms with Gasteiger partial charge in [0.15, 0.2) is 27.9 Å². The Bertz CT molecular complexity index is 1330. The SMILES string of the molecule is COc1ccc(-c2cc(NC(=O)COc3ccc(C(C)C)cc3)n([C@H]3CCS(=O)(=O)C3)n2)cc1OC. The first-order valence-corrected chi connectivity index (χ1v) is 13.6. The molecule has 0 saturated carbocycles. The zero-order valence-electron chi connectivity index (χ0n) is 20.9. The maximum Gasteiger partial charge on any atom is 0.263 e. The number of nitrogens with one attached hydrogen (secondary N) is 1. The van der Waals surface area contributed by atoms with Crippen molar-refractivity contribution in [2.45, 2.75) is 32.2 Å². The predicted molar refractivity (Wildman–Crippen MR) is 138 cm³/mol. The van der Waals surface area contributed by atoms with E-state index in [4.69, 9.17) is 14.2 Å². The third-order valence-electron chi connectivity index (χ3n) is 6.15. The second-order valence-corrected chi connectivity index (χ2v) is 11.3. The molecular weight excluding hydrogens is 482 g/mol. The predicted octanol–water partition coefficient (Wildman–Crippen LogP) is 4.07. The summed E-state index contributed by atoms with van der Waals surface area (Å²) in [5.41, 5.74) is 2.50. The number of amides is 1. The number of rotatable bonds is 9. The molecule has 192 valence electrons. The van der Waals surface area contributed by atoms with Crippen LogP contribution in [0.25, 0.3) is 11.3 Å². The summed E-state index contributed by atoms with van der Waals surface area (Å²) in [5, 5.41) is 7.50. The second kappa shape index (κ2) is 10.6. The third kappa shape index (κ3) is 5.81. The van der Waals surface area contributed by atoms with Crippen molar-refractivity contribution >= 4 is 21.6 Å². The minimum absolute atomic E-state index is 0.0262. The molecule has 0 spiro atoms. The van der Waals surface area contributed by atoms with Gasteiger partial charge in [-0.1, -0.05) is 26.0 Å². The van der Waals surface area contributed by atoms with E-state index in [0.29, 0.717) is 41.1 Å². The number of anilines is 1. The van der Waals surface area contributed by atoms with Gasteiger partial charge in [-0.3, -0.25) is 4.79 Å². The molecule has 4 rings (SSSR count). The minimum atomic E-state index is -3.15. The highest BCUT2D eigenvalue weighted by Gasteiger charge is 2.32. The van der Waals surface area contributed by atoms with Gasteiger partial charge < -0.3 is 19.5 Å². The van der Waals surface area contributed by atoms with Crippen LogP contribution in [0.5, 0.6) is 17.2 Å². The van der Waals surface area contributed by atoms with Crippen molar-refractivity contribution in [1.82, 2.24) is 9.78 Å². The van der Waals surface area contributed by atoms with Crippen molar-refractivity contribution in [3.63, 3.8) is 0 Å². The largest absolute Gasteiger partial charge is 0.493 e. The standard InChI is InChI=1S/C26H31N3O6S/c1-17(2)18-5-8-21(9-6-18)35-15-26(30)27-25-14-22(19-7-10-23(33-3)24(13-19)34-4)28-29(25)20-11-12-36(31,32)16-20/h5-10,13-14,17,20H,11-12,15-16H2,1-4H3,(H,27,30)/t20-/m0/s1. The Morgan fingerprint density at radius 2 is 1.81 bits per heavy atom. The van der Waals surface area contributed by atoms with Crippen LogP contribution in [0.1, 0.15) is 37.8 Å². The summed E-state index contributed by atoms with van der Waals surface area (Å²) in [6.07, 6.45) is 0.428. The highest BCUT2D eigenvalue weighted by Crippen LogP contribution is 2.34. The van der Waals surface area contributed by atoms with Crippen molar-refractivity contribution < 1.29 is 27.4 Å². The fourth-order valence-corrected chi connectivity index (χ4v) is 5.84. The average molecular weight is 514 g/mol. The van der Waals surface area contributed by atoms with Gasteiger partial charge in [0.25, 0.3) is 5.91 Å². The number of benzene rings is 2. The number of hydrogen-bond donors (Lipinski definition) is 1. The van der Waals surface area contributed by atoms with Gasteiger partial charge in [-0.05, 0) is 48.2 Å². The van der Waals surface area contributed by atoms with Gasteiger partial charge >= 0.3 is 0 Å². The number of aromatic nitrogens is 2. The van der Waals surface area contributed by atoms with Gasteiger partial charge in [0.05, 0.1) is 37.5 Å². The molecule has 0 aliphatic carbocycles. The van der Waals surface area contributed by atoms with E-state index in [1.807, 2.05) is 30.3 Å². The summed E-state index contributed by atoms with van der Waals surface area (Å²) in [6.45, 7) is 4.03. The number of hydrogen-bond acceptors (Lipinski definition) is 7. The average Bonchev–Trinajstić information content (AvgIpc) is 3.45. The Balaban J connectivity index is 1.55. The quantitative estimate of drug-likeness (QED) is 0.459. The molecule has 1 N–H and O–H groups in total. The van der Waals surface area contributed by atoms with E-state index < -0.39 is 9.84 Å². The van der Waals surface area contributed by atoms with Crippen LogP contribution in [0.4, 0.5) is 5.82 Å². The lowest BCUT2D eigenvalue weighted by Crippen LogP contribution is -2.23. The maximum absolute atomic E-state index is 12.8. The number of carbonyl (C=O) groups excluding carboxylic acids is 1. The zero-order chi connectivity index (χ0) is 25.9. The van der Waals surface area contributed by atoms with Crippen LogP contribution in [0.3, 0.4) is 0 Å². The Kier molecular flexibility index (Phi) is 7.53. The fourth-order valence-electron chi connectivity index (χ4n) is 4.15. The maximum atomic E-state index is 12.8. The van der Waals surface area contributed by atoms with E-state index in [9.17, 15) is 13.2 Å². The van der Waals surface area contributed by atoms with Crippen molar-refractivity contribution in [3.05, 3.63) is 54.1 Å². The van der Waals surface area contributed by atoms with E-state index in [0.717, 1.165) is 5.56 Å². The molecule has 2 heterocycles. The van der Waals surface area contributed by atoms with Gasteiger partial charge in [0.2, 0.25) is 0 Å². The highest BCUT2D eigenvalue weighted by molar-refractivity contribution is 7.91. The first-order valence-electron chi connectivity index (χ1n) is 11.7. The molecule has 1 amide bonds. The first-order chi connectivity index (χ1) is 17.2. The van der Waals surface area contributed by atoms with Gasteiger partial charge in [0.1, 0.15) is 11.6 Å². The molecular formula is C26H31N3O6S. The lowest BCUT2D eigenvalue weighted by atomic mass is 10.0. The number of sulfone groups is 1. The van der Waals surface area contributed by atoms with Crippen LogP contribution < -0.4 is 19.5 Å². The van der Waals surface area contributed by atoms with Crippen molar-refractivity contribution in [2.75, 3.05) is 37.6 Å². The number of ether oxygens (including phenoxy) is 3. The molecule has 0 bridgehead atoms. The zero-order valence-corrected chi connectivity index (χ0v) is 21.7. The normalized spacial score (nSPS) is 16.6. The van der Waals surface area contributed by atoms with E-state index >= 15 is 0 Å². The first kappa shape index (κ1) is 25.6. The van der Waals surface area contributed by atoms with E-state index in [1.165, 1.54) is 5.56 Å². The summed E-state index contributed by atoms with van der Waals surface area (Å²) >= 11 is 0. The summed E-state index contributed by atoms with van der Waals surface area (Å²) in [5.74, 6) is 2.21. The summed E-state index contributed by atoms with van der Waals surface area (Å²) < 4.78 is 42.2. The molecule has 10 heteroatoms.